The molecule has 226 valence electrons. The van der Waals surface area contributed by atoms with Gasteiger partial charge in [0.15, 0.2) is 0 Å². The lowest BCUT2D eigenvalue weighted by Gasteiger charge is -2.24. The van der Waals surface area contributed by atoms with E-state index in [-0.39, 0.29) is 31.0 Å². The fourth-order valence-corrected chi connectivity index (χ4v) is 3.45. The van der Waals surface area contributed by atoms with E-state index >= 15 is 0 Å². The number of nitrogens with zero attached hydrogens (tertiary/aromatic N) is 1. The highest BCUT2D eigenvalue weighted by Gasteiger charge is 2.27. The summed E-state index contributed by atoms with van der Waals surface area (Å²) in [4.78, 5) is 69.6. The number of nitrogens with one attached hydrogen (secondary N) is 4. The van der Waals surface area contributed by atoms with Crippen LogP contribution in [0.4, 0.5) is 25.8 Å². The van der Waals surface area contributed by atoms with Crippen molar-refractivity contribution in [1.82, 2.24) is 16.0 Å². The predicted octanol–water partition coefficient (Wildman–Crippen LogP) is 2.47. The number of primary amides is 1. The number of urea groups is 1. The second kappa shape index (κ2) is 16.0. The molecule has 16 nitrogen and oxygen atoms in total. The molecule has 0 aliphatic rings. The maximum atomic E-state index is 13.0. The first-order valence-electron chi connectivity index (χ1n) is 12.7. The van der Waals surface area contributed by atoms with E-state index in [1.807, 2.05) is 0 Å². The minimum atomic E-state index is -1.29. The van der Waals surface area contributed by atoms with Crippen LogP contribution in [0.15, 0.2) is 48.5 Å². The largest absolute Gasteiger partial charge is 0.514 e. The first kappa shape index (κ1) is 32.8. The van der Waals surface area contributed by atoms with Gasteiger partial charge in [0.2, 0.25) is 11.8 Å². The summed E-state index contributed by atoms with van der Waals surface area (Å²) in [6.07, 6.45) is -1.85. The number of nitro benzene ring substituents is 1. The fraction of sp³-hybridized carbons (Fsp3) is 0.346. The van der Waals surface area contributed by atoms with Crippen LogP contribution in [0.2, 0.25) is 0 Å². The number of amides is 5. The quantitative estimate of drug-likeness (QED) is 0.0619. The molecule has 7 N–H and O–H groups in total. The average Bonchev–Trinajstić information content (AvgIpc) is 2.93. The van der Waals surface area contributed by atoms with Crippen molar-refractivity contribution < 1.29 is 43.5 Å². The van der Waals surface area contributed by atoms with E-state index < -0.39 is 53.0 Å². The zero-order valence-electron chi connectivity index (χ0n) is 22.8. The van der Waals surface area contributed by atoms with Crippen molar-refractivity contribution in [2.45, 2.75) is 45.4 Å². The van der Waals surface area contributed by atoms with Gasteiger partial charge in [-0.25, -0.2) is 14.4 Å². The van der Waals surface area contributed by atoms with Gasteiger partial charge in [-0.1, -0.05) is 19.1 Å². The number of rotatable bonds is 14. The number of hydrogen-bond acceptors (Lipinski definition) is 9. The Balaban J connectivity index is 1.95. The van der Waals surface area contributed by atoms with Gasteiger partial charge >= 0.3 is 18.3 Å². The Morgan fingerprint density at radius 3 is 2.19 bits per heavy atom. The standard InChI is InChI=1S/C26H32N6O10/c1-15(16(2)29-25(36)37)22(33)31-21(4-3-13-28-24(27)35)23(34)30-18-7-5-17(6-8-18)14-41-26(38)42-20-11-9-19(10-12-20)32(39)40/h5-12,15-16,21,29H,3-4,13-14H2,1-2H3,(H,30,34)(H,31,33)(H,36,37)(H3,27,28,35)/t15-,16?,21-/m0/s1. The highest BCUT2D eigenvalue weighted by molar-refractivity contribution is 5.97. The van der Waals surface area contributed by atoms with Crippen LogP contribution in [-0.2, 0) is 20.9 Å². The van der Waals surface area contributed by atoms with Crippen LogP contribution in [0.25, 0.3) is 0 Å². The van der Waals surface area contributed by atoms with Crippen LogP contribution in [0.5, 0.6) is 5.75 Å². The van der Waals surface area contributed by atoms with Crippen molar-refractivity contribution in [3.8, 4) is 5.75 Å². The molecule has 5 amide bonds. The Bertz CT molecular complexity index is 1270. The molecule has 0 heterocycles. The van der Waals surface area contributed by atoms with Crippen LogP contribution < -0.4 is 31.7 Å². The monoisotopic (exact) mass is 588 g/mol. The zero-order chi connectivity index (χ0) is 31.2. The number of non-ortho nitro benzene ring substituents is 1. The highest BCUT2D eigenvalue weighted by atomic mass is 16.7. The minimum absolute atomic E-state index is 0.0673. The third-order valence-corrected chi connectivity index (χ3v) is 5.94. The van der Waals surface area contributed by atoms with Crippen LogP contribution in [0, 0.1) is 16.0 Å². The summed E-state index contributed by atoms with van der Waals surface area (Å²) in [6.45, 7) is 3.04. The molecule has 0 saturated carbocycles. The van der Waals surface area contributed by atoms with E-state index in [2.05, 4.69) is 21.3 Å². The van der Waals surface area contributed by atoms with Crippen molar-refractivity contribution in [3.63, 3.8) is 0 Å². The Kier molecular flexibility index (Phi) is 12.5. The molecular formula is C26H32N6O10. The molecule has 2 aromatic carbocycles. The Morgan fingerprint density at radius 1 is 0.976 bits per heavy atom. The molecule has 0 aliphatic heterocycles. The lowest BCUT2D eigenvalue weighted by atomic mass is 10.0. The molecule has 0 aliphatic carbocycles. The SMILES string of the molecule is CC(NC(=O)O)[C@H](C)C(=O)N[C@@H](CCCNC(N)=O)C(=O)Nc1ccc(COC(=O)Oc2ccc([N+](=O)[O-])cc2)cc1. The normalized spacial score (nSPS) is 12.5. The summed E-state index contributed by atoms with van der Waals surface area (Å²) in [5.41, 5.74) is 5.83. The topological polar surface area (TPSA) is 241 Å². The number of benzene rings is 2. The number of nitro groups is 1. The average molecular weight is 589 g/mol. The van der Waals surface area contributed by atoms with Gasteiger partial charge in [0, 0.05) is 30.4 Å². The molecule has 3 atom stereocenters. The lowest BCUT2D eigenvalue weighted by molar-refractivity contribution is -0.384. The number of carbonyl (C=O) groups excluding carboxylic acids is 4. The van der Waals surface area contributed by atoms with Gasteiger partial charge in [0.25, 0.3) is 5.69 Å². The smallest absolute Gasteiger partial charge is 0.465 e. The third-order valence-electron chi connectivity index (χ3n) is 5.94. The summed E-state index contributed by atoms with van der Waals surface area (Å²) in [6, 6.07) is 8.69. The van der Waals surface area contributed by atoms with Crippen LogP contribution in [0.3, 0.4) is 0 Å². The first-order valence-corrected chi connectivity index (χ1v) is 12.7. The summed E-state index contributed by atoms with van der Waals surface area (Å²) in [5.74, 6) is -1.82. The van der Waals surface area contributed by atoms with E-state index in [0.29, 0.717) is 17.7 Å². The van der Waals surface area contributed by atoms with Crippen molar-refractivity contribution in [3.05, 3.63) is 64.2 Å². The second-order valence-electron chi connectivity index (χ2n) is 9.10. The van der Waals surface area contributed by atoms with Crippen LogP contribution in [-0.4, -0.2) is 58.8 Å². The summed E-state index contributed by atoms with van der Waals surface area (Å²) in [5, 5.41) is 29.5. The molecule has 0 spiro atoms. The van der Waals surface area contributed by atoms with E-state index in [1.54, 1.807) is 24.3 Å². The molecule has 42 heavy (non-hydrogen) atoms. The lowest BCUT2D eigenvalue weighted by Crippen LogP contribution is -2.50. The van der Waals surface area contributed by atoms with Crippen molar-refractivity contribution >= 4 is 41.5 Å². The van der Waals surface area contributed by atoms with Gasteiger partial charge in [0.1, 0.15) is 18.4 Å². The summed E-state index contributed by atoms with van der Waals surface area (Å²) in [7, 11) is 0. The molecule has 0 radical (unpaired) electrons. The van der Waals surface area contributed by atoms with Gasteiger partial charge in [-0.3, -0.25) is 19.7 Å². The maximum absolute atomic E-state index is 13.0. The molecule has 2 aromatic rings. The van der Waals surface area contributed by atoms with E-state index in [0.717, 1.165) is 0 Å². The van der Waals surface area contributed by atoms with Gasteiger partial charge in [-0.15, -0.1) is 0 Å². The number of ether oxygens (including phenoxy) is 2. The van der Waals surface area contributed by atoms with Gasteiger partial charge < -0.3 is 41.6 Å². The number of hydrogen-bond donors (Lipinski definition) is 6. The first-order chi connectivity index (χ1) is 19.8. The van der Waals surface area contributed by atoms with E-state index in [9.17, 15) is 34.1 Å². The molecule has 16 heteroatoms. The van der Waals surface area contributed by atoms with Crippen LogP contribution in [0.1, 0.15) is 32.3 Å². The van der Waals surface area contributed by atoms with Crippen molar-refractivity contribution in [2.75, 3.05) is 11.9 Å². The van der Waals surface area contributed by atoms with Gasteiger partial charge in [-0.2, -0.15) is 0 Å². The molecule has 0 aromatic heterocycles. The summed E-state index contributed by atoms with van der Waals surface area (Å²) < 4.78 is 10.0. The highest BCUT2D eigenvalue weighted by Crippen LogP contribution is 2.18. The third kappa shape index (κ3) is 11.4. The van der Waals surface area contributed by atoms with E-state index in [1.165, 1.54) is 38.1 Å². The Hall–Kier alpha value is -5.41. The second-order valence-corrected chi connectivity index (χ2v) is 9.10. The molecule has 1 unspecified atom stereocenters. The number of carbonyl (C=O) groups is 5. The molecule has 2 rings (SSSR count). The van der Waals surface area contributed by atoms with Gasteiger partial charge in [0.05, 0.1) is 10.8 Å². The maximum Gasteiger partial charge on any atom is 0.514 e. The van der Waals surface area contributed by atoms with Crippen molar-refractivity contribution in [2.24, 2.45) is 11.7 Å². The number of carboxylic acid groups (broad SMARTS) is 1. The number of anilines is 1. The van der Waals surface area contributed by atoms with Crippen LogP contribution >= 0.6 is 0 Å². The minimum Gasteiger partial charge on any atom is -0.465 e. The molecule has 0 bridgehead atoms. The molecular weight excluding hydrogens is 556 g/mol. The predicted molar refractivity (Wildman–Crippen MR) is 148 cm³/mol. The zero-order valence-corrected chi connectivity index (χ0v) is 22.8. The fourth-order valence-electron chi connectivity index (χ4n) is 3.45. The molecule has 0 fully saturated rings. The Morgan fingerprint density at radius 2 is 1.62 bits per heavy atom. The van der Waals surface area contributed by atoms with Crippen molar-refractivity contribution in [1.29, 1.82) is 0 Å². The number of nitrogens with two attached hydrogens (primary N) is 1. The summed E-state index contributed by atoms with van der Waals surface area (Å²) >= 11 is 0. The Labute approximate surface area is 240 Å². The molecule has 0 saturated heterocycles. The van der Waals surface area contributed by atoms with Gasteiger partial charge in [-0.05, 0) is 49.6 Å². The van der Waals surface area contributed by atoms with E-state index in [4.69, 9.17) is 20.3 Å².